The molecule has 2 fully saturated rings. The maximum absolute atomic E-state index is 13.1. The Bertz CT molecular complexity index is 729. The van der Waals surface area contributed by atoms with Gasteiger partial charge in [-0.15, -0.1) is 0 Å². The number of hydrogen-bond acceptors (Lipinski definition) is 2. The van der Waals surface area contributed by atoms with Crippen molar-refractivity contribution in [3.05, 3.63) is 27.2 Å². The third-order valence-electron chi connectivity index (χ3n) is 7.12. The summed E-state index contributed by atoms with van der Waals surface area (Å²) >= 11 is 12.7. The Kier molecular flexibility index (Phi) is 4.24. The van der Waals surface area contributed by atoms with Gasteiger partial charge in [0, 0.05) is 23.9 Å². The number of phenolic OH excluding ortho intramolecular Hbond substituents is 1. The van der Waals surface area contributed by atoms with Crippen molar-refractivity contribution < 1.29 is 9.90 Å². The van der Waals surface area contributed by atoms with Gasteiger partial charge in [-0.3, -0.25) is 4.79 Å². The Morgan fingerprint density at radius 3 is 2.68 bits per heavy atom. The molecular formula is C20H25Cl2NO2. The lowest BCUT2D eigenvalue weighted by Gasteiger charge is -2.55. The maximum atomic E-state index is 13.1. The molecule has 2 bridgehead atoms. The monoisotopic (exact) mass is 381 g/mol. The second-order valence-electron chi connectivity index (χ2n) is 8.30. The molecule has 4 rings (SSSR count). The van der Waals surface area contributed by atoms with E-state index in [9.17, 15) is 9.90 Å². The molecule has 1 aromatic carbocycles. The first-order chi connectivity index (χ1) is 11.8. The van der Waals surface area contributed by atoms with E-state index in [0.29, 0.717) is 21.9 Å². The maximum Gasteiger partial charge on any atom is 0.225 e. The van der Waals surface area contributed by atoms with Gasteiger partial charge in [0.05, 0.1) is 10.0 Å². The summed E-state index contributed by atoms with van der Waals surface area (Å²) < 4.78 is 0. The summed E-state index contributed by atoms with van der Waals surface area (Å²) in [7, 11) is 0. The van der Waals surface area contributed by atoms with Gasteiger partial charge >= 0.3 is 0 Å². The van der Waals surface area contributed by atoms with E-state index in [0.717, 1.165) is 43.4 Å². The fourth-order valence-electron chi connectivity index (χ4n) is 5.42. The van der Waals surface area contributed by atoms with Gasteiger partial charge in [-0.25, -0.2) is 0 Å². The molecule has 136 valence electrons. The van der Waals surface area contributed by atoms with Crippen molar-refractivity contribution in [2.75, 3.05) is 6.54 Å². The molecule has 1 aromatic rings. The molecule has 0 spiro atoms. The van der Waals surface area contributed by atoms with Crippen molar-refractivity contribution in [1.82, 2.24) is 4.90 Å². The number of piperidine rings is 1. The summed E-state index contributed by atoms with van der Waals surface area (Å²) in [6.45, 7) is 5.23. The lowest BCUT2D eigenvalue weighted by Crippen LogP contribution is -2.60. The number of phenols is 1. The van der Waals surface area contributed by atoms with Crippen molar-refractivity contribution >= 4 is 29.1 Å². The van der Waals surface area contributed by atoms with E-state index in [-0.39, 0.29) is 23.1 Å². The number of carbonyl (C=O) groups is 1. The van der Waals surface area contributed by atoms with Gasteiger partial charge < -0.3 is 10.0 Å². The number of carbonyl (C=O) groups excluding carboxylic acids is 1. The number of aromatic hydroxyl groups is 1. The van der Waals surface area contributed by atoms with Crippen LogP contribution in [0.2, 0.25) is 10.0 Å². The van der Waals surface area contributed by atoms with E-state index < -0.39 is 0 Å². The molecule has 1 aliphatic heterocycles. The van der Waals surface area contributed by atoms with Crippen LogP contribution in [0.4, 0.5) is 0 Å². The van der Waals surface area contributed by atoms with Crippen molar-refractivity contribution in [2.45, 2.75) is 63.8 Å². The quantitative estimate of drug-likeness (QED) is 0.747. The zero-order valence-corrected chi connectivity index (χ0v) is 16.3. The minimum absolute atomic E-state index is 0.0154. The number of amides is 1. The molecule has 1 amide bonds. The average molecular weight is 382 g/mol. The highest BCUT2D eigenvalue weighted by atomic mass is 35.5. The highest BCUT2D eigenvalue weighted by molar-refractivity contribution is 6.37. The lowest BCUT2D eigenvalue weighted by molar-refractivity contribution is -0.143. The van der Waals surface area contributed by atoms with Gasteiger partial charge in [0.15, 0.2) is 5.75 Å². The summed E-state index contributed by atoms with van der Waals surface area (Å²) in [5, 5.41) is 10.9. The van der Waals surface area contributed by atoms with Crippen LogP contribution in [0.15, 0.2) is 6.07 Å². The summed E-state index contributed by atoms with van der Waals surface area (Å²) in [6.07, 6.45) is 6.07. The smallest absolute Gasteiger partial charge is 0.225 e. The summed E-state index contributed by atoms with van der Waals surface area (Å²) in [5.41, 5.74) is 1.99. The predicted octanol–water partition coefficient (Wildman–Crippen LogP) is 4.94. The summed E-state index contributed by atoms with van der Waals surface area (Å²) in [4.78, 5) is 15.2. The van der Waals surface area contributed by atoms with Gasteiger partial charge in [0.25, 0.3) is 0 Å². The molecule has 0 unspecified atom stereocenters. The lowest BCUT2D eigenvalue weighted by atomic mass is 9.59. The fraction of sp³-hybridized carbons (Fsp3) is 0.650. The van der Waals surface area contributed by atoms with E-state index in [1.807, 2.05) is 6.07 Å². The molecule has 1 heterocycles. The molecule has 1 saturated carbocycles. The zero-order valence-electron chi connectivity index (χ0n) is 14.8. The summed E-state index contributed by atoms with van der Waals surface area (Å²) in [6, 6.07) is 2.04. The fourth-order valence-corrected chi connectivity index (χ4v) is 6.14. The van der Waals surface area contributed by atoms with Crippen LogP contribution in [0.1, 0.15) is 57.1 Å². The molecule has 3 aliphatic rings. The number of benzene rings is 1. The highest BCUT2D eigenvalue weighted by Crippen LogP contribution is 2.54. The topological polar surface area (TPSA) is 40.5 Å². The van der Waals surface area contributed by atoms with Gasteiger partial charge in [-0.2, -0.15) is 0 Å². The van der Waals surface area contributed by atoms with Crippen LogP contribution in [0, 0.1) is 11.8 Å². The van der Waals surface area contributed by atoms with Gasteiger partial charge in [0.1, 0.15) is 0 Å². The molecule has 1 saturated heterocycles. The van der Waals surface area contributed by atoms with E-state index in [4.69, 9.17) is 23.2 Å². The Morgan fingerprint density at radius 2 is 2.00 bits per heavy atom. The number of halogens is 2. The Labute approximate surface area is 159 Å². The summed E-state index contributed by atoms with van der Waals surface area (Å²) in [5.74, 6) is 0.844. The largest absolute Gasteiger partial charge is 0.505 e. The second kappa shape index (κ2) is 6.06. The van der Waals surface area contributed by atoms with Crippen molar-refractivity contribution in [3.63, 3.8) is 0 Å². The predicted molar refractivity (Wildman–Crippen MR) is 100 cm³/mol. The number of likely N-dealkylation sites (tertiary alicyclic amines) is 1. The Balaban J connectivity index is 1.74. The molecule has 1 N–H and O–H groups in total. The van der Waals surface area contributed by atoms with E-state index in [1.54, 1.807) is 0 Å². The molecular weight excluding hydrogens is 357 g/mol. The van der Waals surface area contributed by atoms with Gasteiger partial charge in [0.2, 0.25) is 5.91 Å². The van der Waals surface area contributed by atoms with Crippen molar-refractivity contribution in [1.29, 1.82) is 0 Å². The van der Waals surface area contributed by atoms with Crippen LogP contribution >= 0.6 is 23.2 Å². The Hall–Kier alpha value is -0.930. The van der Waals surface area contributed by atoms with Crippen LogP contribution in [0.5, 0.6) is 5.75 Å². The van der Waals surface area contributed by atoms with E-state index >= 15 is 0 Å². The molecule has 25 heavy (non-hydrogen) atoms. The molecule has 0 radical (unpaired) electrons. The number of fused-ring (bicyclic) bond motifs is 4. The molecule has 3 atom stereocenters. The first-order valence-electron chi connectivity index (χ1n) is 9.35. The van der Waals surface area contributed by atoms with Crippen LogP contribution < -0.4 is 0 Å². The third-order valence-corrected chi connectivity index (χ3v) is 7.77. The van der Waals surface area contributed by atoms with Crippen LogP contribution in [-0.2, 0) is 16.6 Å². The van der Waals surface area contributed by atoms with Crippen LogP contribution in [0.3, 0.4) is 0 Å². The minimum atomic E-state index is -0.135. The first kappa shape index (κ1) is 17.5. The number of hydrogen-bond donors (Lipinski definition) is 1. The van der Waals surface area contributed by atoms with Gasteiger partial charge in [-0.05, 0) is 48.8 Å². The highest BCUT2D eigenvalue weighted by Gasteiger charge is 2.51. The normalized spacial score (nSPS) is 31.9. The van der Waals surface area contributed by atoms with Crippen molar-refractivity contribution in [2.24, 2.45) is 11.8 Å². The molecule has 3 nitrogen and oxygen atoms in total. The van der Waals surface area contributed by atoms with Gasteiger partial charge in [-0.1, -0.05) is 49.9 Å². The molecule has 0 aromatic heterocycles. The average Bonchev–Trinajstić information content (AvgIpc) is 3.10. The van der Waals surface area contributed by atoms with Crippen LogP contribution in [0.25, 0.3) is 0 Å². The SMILES string of the molecule is C[C@H]1[C@H]2Cc3cc(Cl)c(O)c(Cl)c3[C@]1(C)CCN2C(=O)C1CCCC1. The Morgan fingerprint density at radius 1 is 1.32 bits per heavy atom. The second-order valence-corrected chi connectivity index (χ2v) is 9.08. The molecule has 5 heteroatoms. The third kappa shape index (κ3) is 2.49. The minimum Gasteiger partial charge on any atom is -0.505 e. The number of rotatable bonds is 1. The zero-order chi connectivity index (χ0) is 17.9. The first-order valence-corrected chi connectivity index (χ1v) is 10.1. The van der Waals surface area contributed by atoms with Crippen molar-refractivity contribution in [3.8, 4) is 5.75 Å². The van der Waals surface area contributed by atoms with E-state index in [1.165, 1.54) is 12.8 Å². The number of nitrogens with zero attached hydrogens (tertiary/aromatic N) is 1. The molecule has 2 aliphatic carbocycles. The van der Waals surface area contributed by atoms with E-state index in [2.05, 4.69) is 18.7 Å². The standard InChI is InChI=1S/C20H25Cl2NO2/c1-11-15-10-13-9-14(21)18(24)17(22)16(13)20(11,2)7-8-23(15)19(25)12-5-3-4-6-12/h9,11-12,15,24H,3-8,10H2,1-2H3/t11-,15+,20+/m0/s1. The van der Waals surface area contributed by atoms with Crippen LogP contribution in [-0.4, -0.2) is 28.5 Å².